The van der Waals surface area contributed by atoms with Crippen LogP contribution in [0, 0.1) is 0 Å². The second-order valence-electron chi connectivity index (χ2n) is 6.69. The van der Waals surface area contributed by atoms with Crippen molar-refractivity contribution in [2.75, 3.05) is 19.8 Å². The number of hydrogen-bond donors (Lipinski definition) is 1. The molecule has 0 saturated carbocycles. The van der Waals surface area contributed by atoms with Crippen LogP contribution in [0.15, 0.2) is 53.1 Å². The first-order chi connectivity index (χ1) is 12.2. The molecule has 0 spiro atoms. The zero-order valence-corrected chi connectivity index (χ0v) is 20.0. The molecule has 0 heterocycles. The third-order valence-electron chi connectivity index (χ3n) is 4.17. The van der Waals surface area contributed by atoms with E-state index >= 15 is 0 Å². The Labute approximate surface area is 162 Å². The molecule has 26 heavy (non-hydrogen) atoms. The van der Waals surface area contributed by atoms with Crippen LogP contribution in [0.25, 0.3) is 0 Å². The highest BCUT2D eigenvalue weighted by Gasteiger charge is 2.32. The van der Waals surface area contributed by atoms with E-state index in [1.54, 1.807) is 6.55 Å². The summed E-state index contributed by atoms with van der Waals surface area (Å²) in [6.45, 7) is 13.8. The Morgan fingerprint density at radius 3 is 1.77 bits per heavy atom. The molecule has 146 valence electrons. The minimum absolute atomic E-state index is 0.517. The summed E-state index contributed by atoms with van der Waals surface area (Å²) >= 11 is 0. The van der Waals surface area contributed by atoms with Crippen molar-refractivity contribution in [3.8, 4) is 0 Å². The minimum atomic E-state index is -2.78. The largest absolute Gasteiger partial charge is 0.408 e. The molecule has 0 bridgehead atoms. The lowest BCUT2D eigenvalue weighted by atomic mass is 10.4. The van der Waals surface area contributed by atoms with Crippen LogP contribution in [0.5, 0.6) is 0 Å². The Balaban J connectivity index is 3.25. The van der Waals surface area contributed by atoms with Crippen molar-refractivity contribution >= 4 is 30.4 Å². The topological polar surface area (TPSA) is 47.9 Å². The third kappa shape index (κ3) is 7.44. The Kier molecular flexibility index (Phi) is 9.39. The molecule has 0 aliphatic carbocycles. The fourth-order valence-corrected chi connectivity index (χ4v) is 11.5. The third-order valence-corrected chi connectivity index (χ3v) is 12.3. The van der Waals surface area contributed by atoms with Crippen molar-refractivity contribution in [1.29, 1.82) is 0 Å². The van der Waals surface area contributed by atoms with E-state index in [0.717, 1.165) is 0 Å². The zero-order valence-electron chi connectivity index (χ0n) is 17.0. The number of hydrogen-bond acceptors (Lipinski definition) is 4. The van der Waals surface area contributed by atoms with Crippen LogP contribution >= 0.6 is 0 Å². The van der Waals surface area contributed by atoms with Crippen LogP contribution in [0.1, 0.15) is 20.8 Å². The molecule has 1 N–H and O–H groups in total. The predicted octanol–water partition coefficient (Wildman–Crippen LogP) is 3.49. The van der Waals surface area contributed by atoms with Gasteiger partial charge in [-0.3, -0.25) is 0 Å². The molecule has 0 saturated heterocycles. The minimum Gasteiger partial charge on any atom is -0.408 e. The molecule has 1 aromatic rings. The van der Waals surface area contributed by atoms with Gasteiger partial charge in [0, 0.05) is 19.8 Å². The van der Waals surface area contributed by atoms with Gasteiger partial charge in [-0.25, -0.2) is 0 Å². The van der Waals surface area contributed by atoms with Crippen LogP contribution in [0.4, 0.5) is 0 Å². The lowest BCUT2D eigenvalue weighted by Crippen LogP contribution is -2.45. The standard InChI is InChI=1S/C19H34O4Si3/c1-7-21-25(5,20)17-15-24(4,19-13-11-10-12-14-19)16-18-26(6,22-8-2)23-9-3/h10-18,20H,7-9H2,1-6H3. The van der Waals surface area contributed by atoms with Crippen LogP contribution < -0.4 is 5.19 Å². The molecule has 0 radical (unpaired) electrons. The van der Waals surface area contributed by atoms with Gasteiger partial charge < -0.3 is 18.1 Å². The highest BCUT2D eigenvalue weighted by Crippen LogP contribution is 2.16. The summed E-state index contributed by atoms with van der Waals surface area (Å²) in [4.78, 5) is 10.5. The molecular weight excluding hydrogens is 376 g/mol. The molecule has 0 aliphatic heterocycles. The summed E-state index contributed by atoms with van der Waals surface area (Å²) < 4.78 is 17.4. The maximum absolute atomic E-state index is 10.5. The van der Waals surface area contributed by atoms with E-state index in [0.29, 0.717) is 19.8 Å². The lowest BCUT2D eigenvalue weighted by molar-refractivity contribution is 0.201. The summed E-state index contributed by atoms with van der Waals surface area (Å²) in [5.74, 6) is 0. The Morgan fingerprint density at radius 2 is 1.27 bits per heavy atom. The zero-order chi connectivity index (χ0) is 19.7. The predicted molar refractivity (Wildman–Crippen MR) is 116 cm³/mol. The normalized spacial score (nSPS) is 17.5. The van der Waals surface area contributed by atoms with E-state index in [1.807, 2.05) is 32.5 Å². The van der Waals surface area contributed by atoms with Gasteiger partial charge in [-0.1, -0.05) is 59.2 Å². The fraction of sp³-hybridized carbons (Fsp3) is 0.474. The quantitative estimate of drug-likeness (QED) is 0.567. The van der Waals surface area contributed by atoms with Gasteiger partial charge in [0.2, 0.25) is 0 Å². The van der Waals surface area contributed by atoms with Crippen LogP contribution in [-0.4, -0.2) is 49.8 Å². The van der Waals surface area contributed by atoms with E-state index in [4.69, 9.17) is 13.3 Å². The molecule has 0 aromatic heterocycles. The highest BCUT2D eigenvalue weighted by molar-refractivity contribution is 7.00. The molecule has 0 fully saturated rings. The molecule has 0 aliphatic rings. The molecular formula is C19H34O4Si3. The molecule has 0 amide bonds. The van der Waals surface area contributed by atoms with E-state index in [2.05, 4.69) is 54.5 Å². The van der Waals surface area contributed by atoms with Gasteiger partial charge >= 0.3 is 17.1 Å². The second kappa shape index (κ2) is 10.5. The smallest absolute Gasteiger partial charge is 0.361 e. The maximum Gasteiger partial charge on any atom is 0.361 e. The first kappa shape index (κ1) is 23.2. The van der Waals surface area contributed by atoms with Gasteiger partial charge in [-0.15, -0.1) is 0 Å². The monoisotopic (exact) mass is 410 g/mol. The Morgan fingerprint density at radius 1 is 0.769 bits per heavy atom. The first-order valence-corrected chi connectivity index (χ1v) is 16.8. The molecule has 2 unspecified atom stereocenters. The van der Waals surface area contributed by atoms with Crippen LogP contribution in [0.3, 0.4) is 0 Å². The second-order valence-corrected chi connectivity index (χ2v) is 16.2. The average molecular weight is 411 g/mol. The average Bonchev–Trinajstić information content (AvgIpc) is 2.60. The van der Waals surface area contributed by atoms with E-state index in [9.17, 15) is 4.80 Å². The Bertz CT molecular complexity index is 584. The molecule has 7 heteroatoms. The molecule has 2 atom stereocenters. The van der Waals surface area contributed by atoms with Gasteiger partial charge in [-0.2, -0.15) is 0 Å². The van der Waals surface area contributed by atoms with Crippen LogP contribution in [-0.2, 0) is 13.3 Å². The summed E-state index contributed by atoms with van der Waals surface area (Å²) in [6.07, 6.45) is 0. The lowest BCUT2D eigenvalue weighted by Gasteiger charge is -2.26. The fourth-order valence-electron chi connectivity index (χ4n) is 2.75. The first-order valence-electron chi connectivity index (χ1n) is 9.31. The van der Waals surface area contributed by atoms with E-state index in [-0.39, 0.29) is 0 Å². The maximum atomic E-state index is 10.5. The van der Waals surface area contributed by atoms with Crippen LogP contribution in [0.2, 0.25) is 19.6 Å². The molecule has 1 aromatic carbocycles. The van der Waals surface area contributed by atoms with Gasteiger partial charge in [0.15, 0.2) is 0 Å². The summed E-state index contributed by atoms with van der Waals surface area (Å²) in [5, 5.41) is 1.28. The van der Waals surface area contributed by atoms with E-state index < -0.39 is 25.2 Å². The highest BCUT2D eigenvalue weighted by atomic mass is 28.4. The van der Waals surface area contributed by atoms with Gasteiger partial charge in [0.25, 0.3) is 0 Å². The number of rotatable bonds is 11. The van der Waals surface area contributed by atoms with Crippen molar-refractivity contribution in [2.45, 2.75) is 40.4 Å². The molecule has 1 rings (SSSR count). The van der Waals surface area contributed by atoms with Crippen molar-refractivity contribution < 1.29 is 18.1 Å². The van der Waals surface area contributed by atoms with Gasteiger partial charge in [0.1, 0.15) is 8.07 Å². The summed E-state index contributed by atoms with van der Waals surface area (Å²) in [7, 11) is -7.25. The van der Waals surface area contributed by atoms with Crippen molar-refractivity contribution in [3.05, 3.63) is 53.1 Å². The van der Waals surface area contributed by atoms with Gasteiger partial charge in [0.05, 0.1) is 0 Å². The van der Waals surface area contributed by atoms with E-state index in [1.165, 1.54) is 5.19 Å². The van der Waals surface area contributed by atoms with Crippen molar-refractivity contribution in [3.63, 3.8) is 0 Å². The van der Waals surface area contributed by atoms with Crippen molar-refractivity contribution in [1.82, 2.24) is 0 Å². The SMILES string of the molecule is CCO[Si](C)(O)C=C[Si](C)(C=C[Si](C)(OCC)OCC)c1ccccc1. The summed E-state index contributed by atoms with van der Waals surface area (Å²) in [5.41, 5.74) is 8.50. The Hall–Kier alpha value is -0.809. The van der Waals surface area contributed by atoms with Gasteiger partial charge in [-0.05, 0) is 39.6 Å². The molecule has 4 nitrogen and oxygen atoms in total. The summed E-state index contributed by atoms with van der Waals surface area (Å²) in [6, 6.07) is 10.4. The van der Waals surface area contributed by atoms with Crippen molar-refractivity contribution in [2.24, 2.45) is 0 Å². The number of benzene rings is 1.